The molecule has 1 aromatic heterocycles. The third-order valence-electron chi connectivity index (χ3n) is 6.38. The molecule has 1 saturated carbocycles. The molecule has 2 fully saturated rings. The molecule has 1 saturated heterocycles. The molecule has 2 aliphatic heterocycles. The Labute approximate surface area is 175 Å². The van der Waals surface area contributed by atoms with E-state index in [2.05, 4.69) is 22.3 Å². The number of benzene rings is 1. The number of piperidine rings is 1. The van der Waals surface area contributed by atoms with Gasteiger partial charge in [-0.15, -0.1) is 0 Å². The number of aryl methyl sites for hydroxylation is 1. The summed E-state index contributed by atoms with van der Waals surface area (Å²) >= 11 is 0. The maximum absolute atomic E-state index is 12.5. The maximum Gasteiger partial charge on any atom is 0.227 e. The number of nitrogens with one attached hydrogen (secondary N) is 1. The van der Waals surface area contributed by atoms with Gasteiger partial charge in [0.1, 0.15) is 18.6 Å². The molecule has 1 aromatic carbocycles. The molecule has 150 valence electrons. The molecule has 3 aliphatic rings. The van der Waals surface area contributed by atoms with Crippen LogP contribution in [0.4, 0.5) is 11.8 Å². The third kappa shape index (κ3) is 3.68. The van der Waals surface area contributed by atoms with Gasteiger partial charge in [-0.1, -0.05) is 29.7 Å². The van der Waals surface area contributed by atoms with Gasteiger partial charge in [0.05, 0.1) is 28.6 Å². The van der Waals surface area contributed by atoms with Crippen molar-refractivity contribution in [1.82, 2.24) is 9.97 Å². The van der Waals surface area contributed by atoms with E-state index in [9.17, 15) is 9.32 Å². The van der Waals surface area contributed by atoms with Crippen molar-refractivity contribution >= 4 is 35.9 Å². The lowest BCUT2D eigenvalue weighted by atomic mass is 9.85. The van der Waals surface area contributed by atoms with Crippen LogP contribution in [-0.4, -0.2) is 58.1 Å². The summed E-state index contributed by atoms with van der Waals surface area (Å²) < 4.78 is 12.5. The van der Waals surface area contributed by atoms with Crippen molar-refractivity contribution in [3.05, 3.63) is 35.5 Å². The molecular weight excluding hydrogens is 383 g/mol. The van der Waals surface area contributed by atoms with Crippen molar-refractivity contribution in [2.45, 2.75) is 48.5 Å². The van der Waals surface area contributed by atoms with E-state index < -0.39 is 10.8 Å². The van der Waals surface area contributed by atoms with Gasteiger partial charge < -0.3 is 15.3 Å². The number of aromatic nitrogens is 2. The molecule has 3 heterocycles. The fourth-order valence-corrected chi connectivity index (χ4v) is 5.67. The van der Waals surface area contributed by atoms with Crippen LogP contribution in [0.25, 0.3) is 0 Å². The summed E-state index contributed by atoms with van der Waals surface area (Å²) in [5.74, 6) is 2.47. The van der Waals surface area contributed by atoms with Crippen molar-refractivity contribution in [3.63, 3.8) is 0 Å². The first-order valence-electron chi connectivity index (χ1n) is 10.4. The number of hydrogen-bond acceptors (Lipinski definition) is 6. The lowest BCUT2D eigenvalue weighted by Gasteiger charge is -2.33. The monoisotopic (exact) mass is 408 g/mol. The molecule has 6 nitrogen and oxygen atoms in total. The molecule has 0 bridgehead atoms. The average molecular weight is 408 g/mol. The van der Waals surface area contributed by atoms with Gasteiger partial charge >= 0.3 is 0 Å². The highest BCUT2D eigenvalue weighted by molar-refractivity contribution is 7.85. The Morgan fingerprint density at radius 1 is 1.28 bits per heavy atom. The minimum atomic E-state index is -1.06. The van der Waals surface area contributed by atoms with E-state index in [1.807, 2.05) is 12.1 Å². The van der Waals surface area contributed by atoms with E-state index in [1.54, 1.807) is 0 Å². The largest absolute Gasteiger partial charge is 0.394 e. The lowest BCUT2D eigenvalue weighted by Crippen LogP contribution is -2.35. The Kier molecular flexibility index (Phi) is 4.86. The second-order valence-electron chi connectivity index (χ2n) is 8.44. The topological polar surface area (TPSA) is 78.3 Å². The molecule has 8 heteroatoms. The highest BCUT2D eigenvalue weighted by atomic mass is 32.2. The molecule has 2 N–H and O–H groups in total. The molecule has 2 radical (unpaired) electrons. The minimum Gasteiger partial charge on any atom is -0.394 e. The van der Waals surface area contributed by atoms with Crippen LogP contribution in [0, 0.1) is 0 Å². The Bertz CT molecular complexity index is 958. The van der Waals surface area contributed by atoms with Crippen LogP contribution >= 0.6 is 0 Å². The highest BCUT2D eigenvalue weighted by Crippen LogP contribution is 2.41. The number of nitrogens with zero attached hydrogens (tertiary/aromatic N) is 3. The molecule has 1 aliphatic carbocycles. The Morgan fingerprint density at radius 3 is 2.76 bits per heavy atom. The Balaban J connectivity index is 1.37. The van der Waals surface area contributed by atoms with Gasteiger partial charge in [-0.3, -0.25) is 4.21 Å². The van der Waals surface area contributed by atoms with Gasteiger partial charge in [0, 0.05) is 25.3 Å². The standard InChI is InChI=1S/C21H25BN4O2S/c22-16-3-1-2-15(12-16)14-4-9-26(10-5-14)20-23-17-6-11-29(28)18(17)19(24-20)25-21(13-27)7-8-21/h1-3,12,14,27H,4-11,13H2,(H,23,24,25). The molecule has 0 amide bonds. The van der Waals surface area contributed by atoms with Crippen molar-refractivity contribution in [1.29, 1.82) is 0 Å². The maximum atomic E-state index is 12.5. The van der Waals surface area contributed by atoms with Crippen LogP contribution in [0.2, 0.25) is 0 Å². The number of aliphatic hydroxyl groups is 1. The molecule has 2 aromatic rings. The van der Waals surface area contributed by atoms with E-state index >= 15 is 0 Å². The lowest BCUT2D eigenvalue weighted by molar-refractivity contribution is 0.265. The van der Waals surface area contributed by atoms with Gasteiger partial charge in [0.15, 0.2) is 0 Å². The van der Waals surface area contributed by atoms with Crippen LogP contribution in [0.1, 0.15) is 42.9 Å². The number of fused-ring (bicyclic) bond motifs is 1. The second kappa shape index (κ2) is 7.40. The van der Waals surface area contributed by atoms with E-state index in [4.69, 9.17) is 17.8 Å². The Morgan fingerprint density at radius 2 is 2.07 bits per heavy atom. The third-order valence-corrected chi connectivity index (χ3v) is 7.83. The smallest absolute Gasteiger partial charge is 0.227 e. The first-order valence-corrected chi connectivity index (χ1v) is 11.7. The van der Waals surface area contributed by atoms with Crippen LogP contribution in [-0.2, 0) is 17.2 Å². The van der Waals surface area contributed by atoms with E-state index in [1.165, 1.54) is 5.56 Å². The molecule has 1 unspecified atom stereocenters. The fourth-order valence-electron chi connectivity index (χ4n) is 4.36. The van der Waals surface area contributed by atoms with Crippen molar-refractivity contribution in [2.75, 3.05) is 35.7 Å². The zero-order valence-corrected chi connectivity index (χ0v) is 17.2. The van der Waals surface area contributed by atoms with Crippen LogP contribution in [0.5, 0.6) is 0 Å². The molecule has 5 rings (SSSR count). The second-order valence-corrected chi connectivity index (χ2v) is 9.95. The van der Waals surface area contributed by atoms with Gasteiger partial charge in [-0.2, -0.15) is 4.98 Å². The molecule has 29 heavy (non-hydrogen) atoms. The summed E-state index contributed by atoms with van der Waals surface area (Å²) in [6, 6.07) is 8.18. The summed E-state index contributed by atoms with van der Waals surface area (Å²) in [5, 5.41) is 13.1. The number of hydrogen-bond donors (Lipinski definition) is 2. The summed E-state index contributed by atoms with van der Waals surface area (Å²) in [7, 11) is 4.89. The predicted octanol–water partition coefficient (Wildman–Crippen LogP) is 1.25. The number of rotatable bonds is 5. The number of aliphatic hydroxyl groups excluding tert-OH is 1. The average Bonchev–Trinajstić information content (AvgIpc) is 3.42. The van der Waals surface area contributed by atoms with Gasteiger partial charge in [-0.05, 0) is 37.2 Å². The van der Waals surface area contributed by atoms with Crippen LogP contribution in [0.15, 0.2) is 29.2 Å². The minimum absolute atomic E-state index is 0.0688. The SMILES string of the molecule is [B]c1cccc(C2CCN(c3nc4c(c(NC5(CO)CC5)n3)S(=O)CC4)CC2)c1. The highest BCUT2D eigenvalue weighted by Gasteiger charge is 2.44. The summed E-state index contributed by atoms with van der Waals surface area (Å²) in [6.07, 6.45) is 4.60. The molecule has 0 spiro atoms. The van der Waals surface area contributed by atoms with Crippen LogP contribution in [0.3, 0.4) is 0 Å². The zero-order valence-electron chi connectivity index (χ0n) is 16.4. The normalized spacial score (nSPS) is 23.1. The van der Waals surface area contributed by atoms with Crippen molar-refractivity contribution in [2.24, 2.45) is 0 Å². The number of anilines is 2. The molecule has 1 atom stereocenters. The van der Waals surface area contributed by atoms with Gasteiger partial charge in [-0.25, -0.2) is 4.98 Å². The predicted molar refractivity (Wildman–Crippen MR) is 116 cm³/mol. The summed E-state index contributed by atoms with van der Waals surface area (Å²) in [6.45, 7) is 1.83. The first-order chi connectivity index (χ1) is 14.1. The van der Waals surface area contributed by atoms with E-state index in [0.29, 0.717) is 23.4 Å². The van der Waals surface area contributed by atoms with Crippen molar-refractivity contribution in [3.8, 4) is 0 Å². The van der Waals surface area contributed by atoms with E-state index in [0.717, 1.165) is 61.2 Å². The zero-order chi connectivity index (χ0) is 20.0. The fraction of sp³-hybridized carbons (Fsp3) is 0.524. The van der Waals surface area contributed by atoms with Gasteiger partial charge in [0.25, 0.3) is 0 Å². The van der Waals surface area contributed by atoms with Crippen LogP contribution < -0.4 is 15.7 Å². The van der Waals surface area contributed by atoms with E-state index in [-0.39, 0.29) is 12.1 Å². The first kappa shape index (κ1) is 19.1. The Hall–Kier alpha value is -1.93. The van der Waals surface area contributed by atoms with Crippen molar-refractivity contribution < 1.29 is 9.32 Å². The summed E-state index contributed by atoms with van der Waals surface area (Å²) in [5.41, 5.74) is 2.71. The quantitative estimate of drug-likeness (QED) is 0.726. The van der Waals surface area contributed by atoms with Gasteiger partial charge in [0.2, 0.25) is 5.95 Å². The molecular formula is C21H25BN4O2S. The summed E-state index contributed by atoms with van der Waals surface area (Å²) in [4.78, 5) is 12.5.